The lowest BCUT2D eigenvalue weighted by Gasteiger charge is -2.25. The van der Waals surface area contributed by atoms with E-state index in [2.05, 4.69) is 10.6 Å². The third kappa shape index (κ3) is 4.87. The van der Waals surface area contributed by atoms with Gasteiger partial charge in [0.1, 0.15) is 5.76 Å². The second-order valence-corrected chi connectivity index (χ2v) is 5.28. The van der Waals surface area contributed by atoms with E-state index >= 15 is 0 Å². The van der Waals surface area contributed by atoms with Crippen molar-refractivity contribution in [1.29, 1.82) is 0 Å². The number of hydrogen-bond acceptors (Lipinski definition) is 4. The van der Waals surface area contributed by atoms with Crippen molar-refractivity contribution in [1.82, 2.24) is 10.6 Å². The molecule has 0 aliphatic rings. The van der Waals surface area contributed by atoms with E-state index in [-0.39, 0.29) is 17.1 Å². The predicted molar refractivity (Wildman–Crippen MR) is 74.6 cm³/mol. The third-order valence-electron chi connectivity index (χ3n) is 2.82. The smallest absolute Gasteiger partial charge is 0.287 e. The summed E-state index contributed by atoms with van der Waals surface area (Å²) in [7, 11) is 1.56. The summed E-state index contributed by atoms with van der Waals surface area (Å²) in [6, 6.07) is 2.46. The lowest BCUT2D eigenvalue weighted by Crippen LogP contribution is -2.44. The van der Waals surface area contributed by atoms with Crippen molar-refractivity contribution in [3.05, 3.63) is 33.9 Å². The van der Waals surface area contributed by atoms with Crippen molar-refractivity contribution < 1.29 is 14.0 Å². The topological polar surface area (TPSA) is 88.4 Å². The molecule has 0 fully saturated rings. The molecular weight excluding hydrogens is 260 g/mol. The van der Waals surface area contributed by atoms with Crippen LogP contribution in [0.25, 0.3) is 0 Å². The molecular formula is C14H20N2O4. The zero-order valence-electron chi connectivity index (χ0n) is 12.2. The fourth-order valence-corrected chi connectivity index (χ4v) is 1.70. The van der Waals surface area contributed by atoms with Gasteiger partial charge < -0.3 is 15.1 Å². The highest BCUT2D eigenvalue weighted by molar-refractivity contribution is 5.91. The van der Waals surface area contributed by atoms with Gasteiger partial charge in [-0.3, -0.25) is 14.4 Å². The van der Waals surface area contributed by atoms with Gasteiger partial charge in [0.2, 0.25) is 5.91 Å². The first-order chi connectivity index (χ1) is 9.23. The van der Waals surface area contributed by atoms with E-state index in [1.807, 2.05) is 13.8 Å². The van der Waals surface area contributed by atoms with Gasteiger partial charge in [-0.2, -0.15) is 0 Å². The summed E-state index contributed by atoms with van der Waals surface area (Å²) in [5.74, 6) is -0.198. The van der Waals surface area contributed by atoms with Gasteiger partial charge in [0.05, 0.1) is 0 Å². The van der Waals surface area contributed by atoms with Crippen LogP contribution in [0, 0.1) is 6.92 Å². The van der Waals surface area contributed by atoms with E-state index in [0.717, 1.165) is 6.07 Å². The molecule has 1 aromatic heterocycles. The second-order valence-electron chi connectivity index (χ2n) is 5.28. The number of amides is 2. The maximum atomic E-state index is 12.0. The van der Waals surface area contributed by atoms with Gasteiger partial charge in [0.15, 0.2) is 11.2 Å². The predicted octanol–water partition coefficient (Wildman–Crippen LogP) is 0.983. The van der Waals surface area contributed by atoms with E-state index in [1.165, 1.54) is 6.07 Å². The largest absolute Gasteiger partial charge is 0.456 e. The molecule has 0 aliphatic carbocycles. The Hall–Kier alpha value is -2.11. The van der Waals surface area contributed by atoms with Crippen LogP contribution in [-0.4, -0.2) is 24.4 Å². The molecule has 20 heavy (non-hydrogen) atoms. The molecule has 1 heterocycles. The van der Waals surface area contributed by atoms with Crippen molar-refractivity contribution in [2.45, 2.75) is 39.2 Å². The van der Waals surface area contributed by atoms with Crippen LogP contribution >= 0.6 is 0 Å². The summed E-state index contributed by atoms with van der Waals surface area (Å²) in [6.45, 7) is 5.22. The minimum Gasteiger partial charge on any atom is -0.456 e. The van der Waals surface area contributed by atoms with Crippen molar-refractivity contribution in [3.63, 3.8) is 0 Å². The van der Waals surface area contributed by atoms with Crippen molar-refractivity contribution in [2.75, 3.05) is 7.05 Å². The summed E-state index contributed by atoms with van der Waals surface area (Å²) in [5.41, 5.74) is -0.853. The Kier molecular flexibility index (Phi) is 5.07. The van der Waals surface area contributed by atoms with Crippen LogP contribution in [0.3, 0.4) is 0 Å². The molecule has 0 saturated carbocycles. The quantitative estimate of drug-likeness (QED) is 0.841. The Balaban J connectivity index is 2.73. The SMILES string of the molecule is CNC(=O)CCC(C)(C)NC(=O)c1cc(=O)cc(C)o1. The van der Waals surface area contributed by atoms with E-state index < -0.39 is 11.4 Å². The molecule has 0 aliphatic heterocycles. The minimum absolute atomic E-state index is 0.0250. The highest BCUT2D eigenvalue weighted by Crippen LogP contribution is 2.12. The molecule has 2 amide bonds. The number of nitrogens with one attached hydrogen (secondary N) is 2. The first kappa shape index (κ1) is 15.9. The highest BCUT2D eigenvalue weighted by Gasteiger charge is 2.23. The number of rotatable bonds is 5. The van der Waals surface area contributed by atoms with Crippen LogP contribution in [-0.2, 0) is 4.79 Å². The van der Waals surface area contributed by atoms with Gasteiger partial charge in [-0.05, 0) is 27.2 Å². The summed E-state index contributed by atoms with van der Waals surface area (Å²) in [5, 5.41) is 5.28. The average Bonchev–Trinajstić information content (AvgIpc) is 2.34. The maximum Gasteiger partial charge on any atom is 0.287 e. The monoisotopic (exact) mass is 280 g/mol. The molecule has 0 radical (unpaired) electrons. The van der Waals surface area contributed by atoms with Gasteiger partial charge in [-0.25, -0.2) is 0 Å². The van der Waals surface area contributed by atoms with Gasteiger partial charge in [-0.1, -0.05) is 0 Å². The van der Waals surface area contributed by atoms with Crippen LogP contribution in [0.15, 0.2) is 21.3 Å². The first-order valence-electron chi connectivity index (χ1n) is 6.38. The van der Waals surface area contributed by atoms with Gasteiger partial charge in [0.25, 0.3) is 5.91 Å². The molecule has 2 N–H and O–H groups in total. The van der Waals surface area contributed by atoms with E-state index in [0.29, 0.717) is 18.6 Å². The molecule has 6 nitrogen and oxygen atoms in total. The van der Waals surface area contributed by atoms with Crippen LogP contribution in [0.5, 0.6) is 0 Å². The van der Waals surface area contributed by atoms with Crippen molar-refractivity contribution in [3.8, 4) is 0 Å². The van der Waals surface area contributed by atoms with Crippen molar-refractivity contribution >= 4 is 11.8 Å². The number of carbonyl (C=O) groups is 2. The number of carbonyl (C=O) groups excluding carboxylic acids is 2. The number of hydrogen-bond donors (Lipinski definition) is 2. The highest BCUT2D eigenvalue weighted by atomic mass is 16.3. The van der Waals surface area contributed by atoms with Gasteiger partial charge in [0, 0.05) is 31.1 Å². The normalized spacial score (nSPS) is 11.0. The minimum atomic E-state index is -0.577. The molecule has 0 bridgehead atoms. The van der Waals surface area contributed by atoms with Gasteiger partial charge >= 0.3 is 0 Å². The molecule has 6 heteroatoms. The van der Waals surface area contributed by atoms with Crippen LogP contribution in [0.1, 0.15) is 43.0 Å². The molecule has 0 atom stereocenters. The van der Waals surface area contributed by atoms with E-state index in [1.54, 1.807) is 14.0 Å². The summed E-state index contributed by atoms with van der Waals surface area (Å²) in [4.78, 5) is 34.6. The van der Waals surface area contributed by atoms with Gasteiger partial charge in [-0.15, -0.1) is 0 Å². The fourth-order valence-electron chi connectivity index (χ4n) is 1.70. The van der Waals surface area contributed by atoms with Crippen molar-refractivity contribution in [2.24, 2.45) is 0 Å². The van der Waals surface area contributed by atoms with E-state index in [4.69, 9.17) is 4.42 Å². The standard InChI is InChI=1S/C14H20N2O4/c1-9-7-10(17)8-11(20-9)13(19)16-14(2,3)6-5-12(18)15-4/h7-8H,5-6H2,1-4H3,(H,15,18)(H,16,19). The molecule has 1 rings (SSSR count). The Morgan fingerprint density at radius 2 is 1.95 bits per heavy atom. The molecule has 0 aromatic carbocycles. The second kappa shape index (κ2) is 6.36. The third-order valence-corrected chi connectivity index (χ3v) is 2.82. The summed E-state index contributed by atoms with van der Waals surface area (Å²) >= 11 is 0. The summed E-state index contributed by atoms with van der Waals surface area (Å²) < 4.78 is 5.22. The number of aryl methyl sites for hydroxylation is 1. The molecule has 110 valence electrons. The zero-order chi connectivity index (χ0) is 15.3. The van der Waals surface area contributed by atoms with Crippen LogP contribution in [0.4, 0.5) is 0 Å². The Bertz CT molecular complexity index is 561. The lowest BCUT2D eigenvalue weighted by atomic mass is 9.98. The fraction of sp³-hybridized carbons (Fsp3) is 0.500. The maximum absolute atomic E-state index is 12.0. The molecule has 0 unspecified atom stereocenters. The Morgan fingerprint density at radius 1 is 1.30 bits per heavy atom. The van der Waals surface area contributed by atoms with Crippen LogP contribution < -0.4 is 16.1 Å². The summed E-state index contributed by atoms with van der Waals surface area (Å²) in [6.07, 6.45) is 0.788. The average molecular weight is 280 g/mol. The molecule has 1 aromatic rings. The molecule has 0 spiro atoms. The Morgan fingerprint density at radius 3 is 2.50 bits per heavy atom. The lowest BCUT2D eigenvalue weighted by molar-refractivity contribution is -0.121. The zero-order valence-corrected chi connectivity index (χ0v) is 12.2. The van der Waals surface area contributed by atoms with E-state index in [9.17, 15) is 14.4 Å². The first-order valence-corrected chi connectivity index (χ1v) is 6.38. The Labute approximate surface area is 117 Å². The molecule has 0 saturated heterocycles. The van der Waals surface area contributed by atoms with Crippen LogP contribution in [0.2, 0.25) is 0 Å².